The van der Waals surface area contributed by atoms with Crippen molar-refractivity contribution in [2.24, 2.45) is 5.10 Å². The Morgan fingerprint density at radius 1 is 1.06 bits per heavy atom. The van der Waals surface area contributed by atoms with Crippen molar-refractivity contribution in [3.05, 3.63) is 83.1 Å². The van der Waals surface area contributed by atoms with Gasteiger partial charge >= 0.3 is 0 Å². The van der Waals surface area contributed by atoms with Gasteiger partial charge < -0.3 is 9.47 Å². The summed E-state index contributed by atoms with van der Waals surface area (Å²) in [7, 11) is -4.24. The maximum atomic E-state index is 13.5. The zero-order valence-corrected chi connectivity index (χ0v) is 19.2. The minimum atomic E-state index is -4.24. The monoisotopic (exact) mass is 503 g/mol. The number of benzene rings is 3. The third-order valence-electron chi connectivity index (χ3n) is 4.80. The smallest absolute Gasteiger partial charge is 0.264 e. The number of hydrogen-bond donors (Lipinski definition) is 1. The van der Waals surface area contributed by atoms with Crippen LogP contribution in [0.25, 0.3) is 0 Å². The number of ether oxygens (including phenoxy) is 2. The molecule has 1 amide bonds. The van der Waals surface area contributed by atoms with Crippen LogP contribution in [0.15, 0.2) is 76.7 Å². The molecule has 34 heavy (non-hydrogen) atoms. The number of rotatable bonds is 7. The molecule has 0 saturated heterocycles. The van der Waals surface area contributed by atoms with Crippen molar-refractivity contribution in [2.45, 2.75) is 4.90 Å². The minimum absolute atomic E-state index is 0.0986. The van der Waals surface area contributed by atoms with Crippen LogP contribution in [0.5, 0.6) is 11.5 Å². The zero-order valence-electron chi connectivity index (χ0n) is 17.6. The van der Waals surface area contributed by atoms with Gasteiger partial charge in [-0.1, -0.05) is 29.8 Å². The summed E-state index contributed by atoms with van der Waals surface area (Å²) in [6, 6.07) is 15.8. The molecule has 0 bridgehead atoms. The number of carbonyl (C=O) groups is 1. The molecule has 0 unspecified atom stereocenters. The Bertz CT molecular complexity index is 1330. The van der Waals surface area contributed by atoms with Gasteiger partial charge in [0.1, 0.15) is 25.6 Å². The average molecular weight is 504 g/mol. The molecule has 3 aromatic carbocycles. The molecule has 0 atom stereocenters. The van der Waals surface area contributed by atoms with E-state index in [4.69, 9.17) is 21.1 Å². The summed E-state index contributed by atoms with van der Waals surface area (Å²) in [5.41, 5.74) is 2.96. The lowest BCUT2D eigenvalue weighted by Crippen LogP contribution is -2.39. The number of hydrogen-bond acceptors (Lipinski definition) is 6. The van der Waals surface area contributed by atoms with Gasteiger partial charge in [-0.15, -0.1) is 0 Å². The number of nitrogens with one attached hydrogen (secondary N) is 1. The second-order valence-electron chi connectivity index (χ2n) is 7.11. The van der Waals surface area contributed by atoms with Crippen LogP contribution in [0.1, 0.15) is 5.56 Å². The van der Waals surface area contributed by atoms with E-state index in [0.29, 0.717) is 22.9 Å². The number of sulfonamides is 1. The van der Waals surface area contributed by atoms with Gasteiger partial charge in [-0.05, 0) is 42.5 Å². The molecule has 0 radical (unpaired) electrons. The van der Waals surface area contributed by atoms with E-state index in [-0.39, 0.29) is 22.9 Å². The molecule has 0 fully saturated rings. The van der Waals surface area contributed by atoms with Crippen LogP contribution in [0, 0.1) is 5.82 Å². The van der Waals surface area contributed by atoms with Crippen molar-refractivity contribution < 1.29 is 27.1 Å². The fourth-order valence-corrected chi connectivity index (χ4v) is 4.77. The Balaban J connectivity index is 1.60. The SMILES string of the molecule is O=C(CN(c1ccc(F)cc1)S(=O)(=O)c1ccc2c(c1)OCCO2)N/N=C\c1ccccc1Cl. The van der Waals surface area contributed by atoms with Gasteiger partial charge in [0.15, 0.2) is 11.5 Å². The molecule has 3 aromatic rings. The van der Waals surface area contributed by atoms with Gasteiger partial charge in [0, 0.05) is 16.7 Å². The lowest BCUT2D eigenvalue weighted by atomic mass is 10.2. The van der Waals surface area contributed by atoms with Gasteiger partial charge in [-0.25, -0.2) is 18.2 Å². The van der Waals surface area contributed by atoms with Crippen molar-refractivity contribution in [2.75, 3.05) is 24.1 Å². The van der Waals surface area contributed by atoms with Gasteiger partial charge in [-0.3, -0.25) is 9.10 Å². The Morgan fingerprint density at radius 3 is 2.50 bits per heavy atom. The molecule has 1 N–H and O–H groups in total. The Morgan fingerprint density at radius 2 is 1.76 bits per heavy atom. The van der Waals surface area contributed by atoms with E-state index in [1.165, 1.54) is 36.5 Å². The highest BCUT2D eigenvalue weighted by Gasteiger charge is 2.29. The molecule has 0 saturated carbocycles. The van der Waals surface area contributed by atoms with Crippen LogP contribution < -0.4 is 19.2 Å². The maximum absolute atomic E-state index is 13.5. The highest BCUT2D eigenvalue weighted by molar-refractivity contribution is 7.92. The predicted molar refractivity (Wildman–Crippen MR) is 126 cm³/mol. The number of carbonyl (C=O) groups excluding carboxylic acids is 1. The summed E-state index contributed by atoms with van der Waals surface area (Å²) in [4.78, 5) is 12.5. The molecule has 0 aromatic heterocycles. The minimum Gasteiger partial charge on any atom is -0.486 e. The normalized spacial score (nSPS) is 13.0. The van der Waals surface area contributed by atoms with Gasteiger partial charge in [0.05, 0.1) is 16.8 Å². The number of fused-ring (bicyclic) bond motifs is 1. The summed E-state index contributed by atoms with van der Waals surface area (Å²) >= 11 is 6.05. The second kappa shape index (κ2) is 10.1. The molecule has 8 nitrogen and oxygen atoms in total. The van der Waals surface area contributed by atoms with Gasteiger partial charge in [0.25, 0.3) is 15.9 Å². The standard InChI is InChI=1S/C23H19ClFN3O5S/c24-20-4-2-1-3-16(20)14-26-27-23(29)15-28(18-7-5-17(25)6-8-18)34(30,31)19-9-10-21-22(13-19)33-12-11-32-21/h1-10,13-14H,11-12,15H2,(H,27,29)/b26-14-. The molecule has 176 valence electrons. The van der Waals surface area contributed by atoms with E-state index in [2.05, 4.69) is 10.5 Å². The molecular formula is C23H19ClFN3O5S. The van der Waals surface area contributed by atoms with E-state index in [1.807, 2.05) is 0 Å². The summed E-state index contributed by atoms with van der Waals surface area (Å²) in [5.74, 6) is -0.562. The lowest BCUT2D eigenvalue weighted by Gasteiger charge is -2.25. The predicted octanol–water partition coefficient (Wildman–Crippen LogP) is 3.60. The molecule has 0 aliphatic carbocycles. The number of nitrogens with zero attached hydrogens (tertiary/aromatic N) is 2. The Hall–Kier alpha value is -3.63. The molecule has 1 aliphatic heterocycles. The maximum Gasteiger partial charge on any atom is 0.264 e. The summed E-state index contributed by atoms with van der Waals surface area (Å²) in [6.07, 6.45) is 1.35. The molecule has 0 spiro atoms. The molecule has 11 heteroatoms. The third kappa shape index (κ3) is 5.29. The van der Waals surface area contributed by atoms with E-state index in [9.17, 15) is 17.6 Å². The van der Waals surface area contributed by atoms with Gasteiger partial charge in [-0.2, -0.15) is 5.10 Å². The number of hydrazone groups is 1. The third-order valence-corrected chi connectivity index (χ3v) is 6.92. The van der Waals surface area contributed by atoms with Crippen LogP contribution in [0.2, 0.25) is 5.02 Å². The average Bonchev–Trinajstić information content (AvgIpc) is 2.84. The van der Waals surface area contributed by atoms with Crippen molar-refractivity contribution in [1.29, 1.82) is 0 Å². The fourth-order valence-electron chi connectivity index (χ4n) is 3.15. The quantitative estimate of drug-likeness (QED) is 0.392. The first-order chi connectivity index (χ1) is 16.3. The topological polar surface area (TPSA) is 97.3 Å². The Labute approximate surface area is 200 Å². The molecule has 1 heterocycles. The number of halogens is 2. The Kier molecular flexibility index (Phi) is 6.99. The van der Waals surface area contributed by atoms with E-state index in [1.54, 1.807) is 24.3 Å². The van der Waals surface area contributed by atoms with Crippen LogP contribution in [-0.4, -0.2) is 40.3 Å². The van der Waals surface area contributed by atoms with E-state index >= 15 is 0 Å². The highest BCUT2D eigenvalue weighted by Crippen LogP contribution is 2.34. The van der Waals surface area contributed by atoms with Crippen molar-refractivity contribution >= 4 is 39.4 Å². The first-order valence-corrected chi connectivity index (χ1v) is 11.9. The fraction of sp³-hybridized carbons (Fsp3) is 0.130. The van der Waals surface area contributed by atoms with Crippen molar-refractivity contribution in [1.82, 2.24) is 5.43 Å². The number of anilines is 1. The van der Waals surface area contributed by atoms with Crippen LogP contribution in [0.3, 0.4) is 0 Å². The summed E-state index contributed by atoms with van der Waals surface area (Å²) in [5, 5.41) is 4.29. The van der Waals surface area contributed by atoms with Crippen LogP contribution in [0.4, 0.5) is 10.1 Å². The summed E-state index contributed by atoms with van der Waals surface area (Å²) in [6.45, 7) is 0.0297. The first kappa shape index (κ1) is 23.5. The molecule has 4 rings (SSSR count). The summed E-state index contributed by atoms with van der Waals surface area (Å²) < 4.78 is 52.2. The molecule has 1 aliphatic rings. The van der Waals surface area contributed by atoms with Gasteiger partial charge in [0.2, 0.25) is 0 Å². The van der Waals surface area contributed by atoms with Crippen molar-refractivity contribution in [3.63, 3.8) is 0 Å². The van der Waals surface area contributed by atoms with Crippen molar-refractivity contribution in [3.8, 4) is 11.5 Å². The second-order valence-corrected chi connectivity index (χ2v) is 9.38. The van der Waals surface area contributed by atoms with E-state index in [0.717, 1.165) is 16.4 Å². The van der Waals surface area contributed by atoms with Crippen LogP contribution >= 0.6 is 11.6 Å². The van der Waals surface area contributed by atoms with E-state index < -0.39 is 28.3 Å². The lowest BCUT2D eigenvalue weighted by molar-refractivity contribution is -0.119. The zero-order chi connectivity index (χ0) is 24.1. The van der Waals surface area contributed by atoms with Crippen LogP contribution in [-0.2, 0) is 14.8 Å². The highest BCUT2D eigenvalue weighted by atomic mass is 35.5. The number of amides is 1. The first-order valence-electron chi connectivity index (χ1n) is 10.1. The largest absolute Gasteiger partial charge is 0.486 e. The molecular weight excluding hydrogens is 485 g/mol.